The Balaban J connectivity index is 1.83. The second kappa shape index (κ2) is 4.67. The van der Waals surface area contributed by atoms with Gasteiger partial charge in [0.05, 0.1) is 0 Å². The second-order valence-electron chi connectivity index (χ2n) is 6.09. The Morgan fingerprint density at radius 2 is 1.90 bits per heavy atom. The van der Waals surface area contributed by atoms with E-state index in [9.17, 15) is 0 Å². The number of H-pyrrole nitrogens is 1. The number of anilines is 2. The van der Waals surface area contributed by atoms with Crippen molar-refractivity contribution >= 4 is 22.4 Å². The summed E-state index contributed by atoms with van der Waals surface area (Å²) in [6.45, 7) is 6.57. The van der Waals surface area contributed by atoms with Gasteiger partial charge in [-0.15, -0.1) is 0 Å². The minimum Gasteiger partial charge on any atom is -0.361 e. The quantitative estimate of drug-likeness (QED) is 0.710. The Bertz CT molecular complexity index is 718. The summed E-state index contributed by atoms with van der Waals surface area (Å²) in [5.41, 5.74) is 3.54. The molecule has 0 saturated carbocycles. The summed E-state index contributed by atoms with van der Waals surface area (Å²) in [4.78, 5) is 7.70. The molecule has 102 valence electrons. The molecule has 0 aliphatic rings. The highest BCUT2D eigenvalue weighted by molar-refractivity contribution is 5.83. The lowest BCUT2D eigenvalue weighted by Crippen LogP contribution is -2.11. The van der Waals surface area contributed by atoms with E-state index in [1.54, 1.807) is 0 Å². The lowest BCUT2D eigenvalue weighted by atomic mass is 9.88. The van der Waals surface area contributed by atoms with E-state index in [1.807, 2.05) is 18.5 Å². The van der Waals surface area contributed by atoms with Crippen molar-refractivity contribution in [2.45, 2.75) is 26.2 Å². The summed E-state index contributed by atoms with van der Waals surface area (Å²) in [5.74, 6) is 0.865. The monoisotopic (exact) mass is 265 g/mol. The zero-order valence-corrected chi connectivity index (χ0v) is 12.1. The molecule has 0 bridgehead atoms. The van der Waals surface area contributed by atoms with E-state index < -0.39 is 0 Å². The Hall–Kier alpha value is -2.29. The van der Waals surface area contributed by atoms with Crippen LogP contribution >= 0.6 is 0 Å². The molecule has 2 aromatic heterocycles. The molecule has 2 heterocycles. The van der Waals surface area contributed by atoms with Crippen LogP contribution in [0.25, 0.3) is 10.9 Å². The van der Waals surface area contributed by atoms with Crippen molar-refractivity contribution in [1.82, 2.24) is 9.97 Å². The van der Waals surface area contributed by atoms with Gasteiger partial charge in [-0.1, -0.05) is 32.9 Å². The summed E-state index contributed by atoms with van der Waals surface area (Å²) in [6, 6.07) is 12.5. The lowest BCUT2D eigenvalue weighted by molar-refractivity contribution is 0.587. The van der Waals surface area contributed by atoms with Gasteiger partial charge < -0.3 is 10.3 Å². The highest BCUT2D eigenvalue weighted by atomic mass is 15.0. The van der Waals surface area contributed by atoms with Gasteiger partial charge in [-0.05, 0) is 40.6 Å². The van der Waals surface area contributed by atoms with Crippen LogP contribution < -0.4 is 5.32 Å². The third kappa shape index (κ3) is 2.52. The van der Waals surface area contributed by atoms with E-state index in [4.69, 9.17) is 0 Å². The lowest BCUT2D eigenvalue weighted by Gasteiger charge is -2.18. The van der Waals surface area contributed by atoms with Crippen molar-refractivity contribution in [2.24, 2.45) is 0 Å². The number of hydrogen-bond donors (Lipinski definition) is 2. The van der Waals surface area contributed by atoms with Gasteiger partial charge in [0, 0.05) is 23.6 Å². The number of nitrogens with one attached hydrogen (secondary N) is 2. The Labute approximate surface area is 119 Å². The first-order valence-corrected chi connectivity index (χ1v) is 6.83. The van der Waals surface area contributed by atoms with E-state index >= 15 is 0 Å². The molecule has 0 atom stereocenters. The molecule has 20 heavy (non-hydrogen) atoms. The highest BCUT2D eigenvalue weighted by Gasteiger charge is 2.13. The second-order valence-corrected chi connectivity index (χ2v) is 6.09. The minimum atomic E-state index is 0.134. The predicted octanol–water partition coefficient (Wildman–Crippen LogP) is 4.60. The topological polar surface area (TPSA) is 40.7 Å². The Morgan fingerprint density at radius 3 is 2.60 bits per heavy atom. The molecular formula is C17H19N3. The maximum atomic E-state index is 4.49. The van der Waals surface area contributed by atoms with E-state index in [2.05, 4.69) is 66.4 Å². The summed E-state index contributed by atoms with van der Waals surface area (Å²) in [6.07, 6.45) is 3.89. The maximum absolute atomic E-state index is 4.49. The number of pyridine rings is 1. The molecule has 0 aliphatic carbocycles. The summed E-state index contributed by atoms with van der Waals surface area (Å²) in [7, 11) is 0. The predicted molar refractivity (Wildman–Crippen MR) is 84.5 cm³/mol. The van der Waals surface area contributed by atoms with Gasteiger partial charge in [-0.2, -0.15) is 0 Å². The number of aromatic amines is 1. The molecule has 0 aliphatic heterocycles. The van der Waals surface area contributed by atoms with E-state index in [0.29, 0.717) is 0 Å². The average Bonchev–Trinajstić information content (AvgIpc) is 2.86. The van der Waals surface area contributed by atoms with Crippen molar-refractivity contribution in [3.8, 4) is 0 Å². The van der Waals surface area contributed by atoms with Gasteiger partial charge in [-0.3, -0.25) is 0 Å². The average molecular weight is 265 g/mol. The first-order valence-electron chi connectivity index (χ1n) is 6.83. The molecule has 1 aromatic carbocycles. The summed E-state index contributed by atoms with van der Waals surface area (Å²) >= 11 is 0. The van der Waals surface area contributed by atoms with Gasteiger partial charge in [0.25, 0.3) is 0 Å². The third-order valence-corrected chi connectivity index (χ3v) is 3.46. The van der Waals surface area contributed by atoms with Crippen molar-refractivity contribution in [3.63, 3.8) is 0 Å². The van der Waals surface area contributed by atoms with Crippen LogP contribution in [-0.2, 0) is 5.41 Å². The number of aromatic nitrogens is 2. The SMILES string of the molecule is CC(C)(C)c1ccc(Nc2ccc3cc[nH]c3c2)nc1. The number of hydrogen-bond acceptors (Lipinski definition) is 2. The molecule has 0 unspecified atom stereocenters. The highest BCUT2D eigenvalue weighted by Crippen LogP contribution is 2.24. The van der Waals surface area contributed by atoms with Crippen molar-refractivity contribution in [1.29, 1.82) is 0 Å². The maximum Gasteiger partial charge on any atom is 0.130 e. The standard InChI is InChI=1S/C17H19N3/c1-17(2,3)13-5-7-16(19-11-13)20-14-6-4-12-8-9-18-15(12)10-14/h4-11,18H,1-3H3,(H,19,20). The van der Waals surface area contributed by atoms with Crippen molar-refractivity contribution in [2.75, 3.05) is 5.32 Å². The fourth-order valence-corrected chi connectivity index (χ4v) is 2.18. The van der Waals surface area contributed by atoms with Gasteiger partial charge in [0.2, 0.25) is 0 Å². The van der Waals surface area contributed by atoms with Crippen molar-refractivity contribution in [3.05, 3.63) is 54.4 Å². The Morgan fingerprint density at radius 1 is 1.05 bits per heavy atom. The number of nitrogens with zero attached hydrogens (tertiary/aromatic N) is 1. The van der Waals surface area contributed by atoms with Gasteiger partial charge >= 0.3 is 0 Å². The minimum absolute atomic E-state index is 0.134. The molecular weight excluding hydrogens is 246 g/mol. The van der Waals surface area contributed by atoms with Crippen LogP contribution in [-0.4, -0.2) is 9.97 Å². The smallest absolute Gasteiger partial charge is 0.130 e. The molecule has 0 radical (unpaired) electrons. The molecule has 0 fully saturated rings. The number of fused-ring (bicyclic) bond motifs is 1. The number of rotatable bonds is 2. The fourth-order valence-electron chi connectivity index (χ4n) is 2.18. The van der Waals surface area contributed by atoms with Gasteiger partial charge in [0.15, 0.2) is 0 Å². The molecule has 3 nitrogen and oxygen atoms in total. The first kappa shape index (κ1) is 12.7. The molecule has 0 amide bonds. The normalized spacial score (nSPS) is 11.8. The number of benzene rings is 1. The van der Waals surface area contributed by atoms with Crippen molar-refractivity contribution < 1.29 is 0 Å². The fraction of sp³-hybridized carbons (Fsp3) is 0.235. The Kier molecular flexibility index (Phi) is 2.97. The molecule has 3 rings (SSSR count). The molecule has 0 spiro atoms. The first-order chi connectivity index (χ1) is 9.52. The van der Waals surface area contributed by atoms with Crippen LogP contribution in [0.2, 0.25) is 0 Å². The zero-order chi connectivity index (χ0) is 14.2. The van der Waals surface area contributed by atoms with Gasteiger partial charge in [0.1, 0.15) is 5.82 Å². The van der Waals surface area contributed by atoms with E-state index in [-0.39, 0.29) is 5.41 Å². The third-order valence-electron chi connectivity index (χ3n) is 3.46. The summed E-state index contributed by atoms with van der Waals surface area (Å²) in [5, 5.41) is 4.55. The van der Waals surface area contributed by atoms with E-state index in [0.717, 1.165) is 17.0 Å². The molecule has 0 saturated heterocycles. The van der Waals surface area contributed by atoms with Crippen LogP contribution in [0, 0.1) is 0 Å². The molecule has 2 N–H and O–H groups in total. The molecule has 3 heteroatoms. The van der Waals surface area contributed by atoms with Gasteiger partial charge in [-0.25, -0.2) is 4.98 Å². The summed E-state index contributed by atoms with van der Waals surface area (Å²) < 4.78 is 0. The molecule has 3 aromatic rings. The van der Waals surface area contributed by atoms with Crippen LogP contribution in [0.15, 0.2) is 48.8 Å². The zero-order valence-electron chi connectivity index (χ0n) is 12.1. The van der Waals surface area contributed by atoms with Crippen LogP contribution in [0.5, 0.6) is 0 Å². The van der Waals surface area contributed by atoms with E-state index in [1.165, 1.54) is 10.9 Å². The van der Waals surface area contributed by atoms with Crippen LogP contribution in [0.1, 0.15) is 26.3 Å². The van der Waals surface area contributed by atoms with Crippen LogP contribution in [0.3, 0.4) is 0 Å². The van der Waals surface area contributed by atoms with Crippen LogP contribution in [0.4, 0.5) is 11.5 Å². The largest absolute Gasteiger partial charge is 0.361 e.